The number of aromatic nitrogens is 4. The van der Waals surface area contributed by atoms with E-state index in [1.807, 2.05) is 16.6 Å². The highest BCUT2D eigenvalue weighted by Crippen LogP contribution is 2.24. The van der Waals surface area contributed by atoms with Crippen molar-refractivity contribution in [3.63, 3.8) is 0 Å². The Balaban J connectivity index is 1.40. The predicted octanol–water partition coefficient (Wildman–Crippen LogP) is 3.24. The Bertz CT molecular complexity index is 952. The lowest BCUT2D eigenvalue weighted by Crippen LogP contribution is -2.34. The Hall–Kier alpha value is -2.67. The molecule has 0 atom stereocenters. The van der Waals surface area contributed by atoms with Crippen molar-refractivity contribution >= 4 is 17.2 Å². The van der Waals surface area contributed by atoms with E-state index >= 15 is 0 Å². The van der Waals surface area contributed by atoms with E-state index in [2.05, 4.69) is 70.5 Å². The van der Waals surface area contributed by atoms with Crippen molar-refractivity contribution in [1.29, 1.82) is 0 Å². The van der Waals surface area contributed by atoms with Crippen LogP contribution >= 0.6 is 0 Å². The minimum absolute atomic E-state index is 0.119. The highest BCUT2D eigenvalue weighted by atomic mass is 16.3. The summed E-state index contributed by atoms with van der Waals surface area (Å²) in [5.74, 6) is 2.12. The van der Waals surface area contributed by atoms with E-state index in [1.165, 1.54) is 11.3 Å². The quantitative estimate of drug-likeness (QED) is 0.692. The highest BCUT2D eigenvalue weighted by Gasteiger charge is 2.22. The lowest BCUT2D eigenvalue weighted by Gasteiger charge is -2.33. The van der Waals surface area contributed by atoms with Gasteiger partial charge in [0.15, 0.2) is 11.5 Å². The van der Waals surface area contributed by atoms with Crippen LogP contribution in [-0.4, -0.2) is 44.6 Å². The van der Waals surface area contributed by atoms with Crippen molar-refractivity contribution < 1.29 is 5.11 Å². The average molecular weight is 395 g/mol. The van der Waals surface area contributed by atoms with Gasteiger partial charge in [-0.05, 0) is 48.6 Å². The summed E-state index contributed by atoms with van der Waals surface area (Å²) < 4.78 is 1.82. The van der Waals surface area contributed by atoms with Crippen LogP contribution in [0.15, 0.2) is 36.4 Å². The number of rotatable bonds is 5. The molecule has 0 aliphatic carbocycles. The number of anilines is 2. The Kier molecular flexibility index (Phi) is 5.41. The second kappa shape index (κ2) is 7.99. The zero-order chi connectivity index (χ0) is 20.4. The number of hydrogen-bond donors (Lipinski definition) is 2. The largest absolute Gasteiger partial charge is 0.396 e. The molecule has 3 aromatic rings. The minimum atomic E-state index is -0.119. The van der Waals surface area contributed by atoms with Gasteiger partial charge in [-0.1, -0.05) is 32.9 Å². The number of nitrogens with one attached hydrogen (secondary N) is 1. The number of aliphatic hydroxyl groups excluding tert-OH is 1. The van der Waals surface area contributed by atoms with E-state index < -0.39 is 0 Å². The van der Waals surface area contributed by atoms with Crippen molar-refractivity contribution in [3.05, 3.63) is 47.8 Å². The molecule has 0 spiro atoms. The third-order valence-electron chi connectivity index (χ3n) is 5.58. The molecule has 0 unspecified atom stereocenters. The van der Waals surface area contributed by atoms with Gasteiger partial charge in [0.1, 0.15) is 5.82 Å². The molecule has 1 aliphatic heterocycles. The Morgan fingerprint density at radius 1 is 1.03 bits per heavy atom. The molecule has 154 valence electrons. The predicted molar refractivity (Wildman–Crippen MR) is 115 cm³/mol. The van der Waals surface area contributed by atoms with Gasteiger partial charge in [0, 0.05) is 37.3 Å². The lowest BCUT2D eigenvalue weighted by atomic mass is 9.96. The maximum Gasteiger partial charge on any atom is 0.178 e. The summed E-state index contributed by atoms with van der Waals surface area (Å²) in [6, 6.07) is 12.6. The Morgan fingerprint density at radius 3 is 2.41 bits per heavy atom. The van der Waals surface area contributed by atoms with Gasteiger partial charge in [0.2, 0.25) is 0 Å². The molecule has 7 heteroatoms. The molecule has 0 saturated carbocycles. The second-order valence-electron chi connectivity index (χ2n) is 8.90. The molecule has 29 heavy (non-hydrogen) atoms. The van der Waals surface area contributed by atoms with E-state index in [1.54, 1.807) is 0 Å². The van der Waals surface area contributed by atoms with Gasteiger partial charge in [0.05, 0.1) is 0 Å². The fraction of sp³-hybridized carbons (Fsp3) is 0.500. The van der Waals surface area contributed by atoms with Crippen molar-refractivity contribution in [1.82, 2.24) is 19.8 Å². The molecule has 1 fully saturated rings. The molecule has 0 radical (unpaired) electrons. The zero-order valence-electron chi connectivity index (χ0n) is 17.5. The molecule has 2 aromatic heterocycles. The van der Waals surface area contributed by atoms with Crippen molar-refractivity contribution in [2.75, 3.05) is 29.9 Å². The maximum atomic E-state index is 9.30. The minimum Gasteiger partial charge on any atom is -0.396 e. The first kappa shape index (κ1) is 19.6. The number of piperidine rings is 1. The van der Waals surface area contributed by atoms with Gasteiger partial charge < -0.3 is 15.3 Å². The summed E-state index contributed by atoms with van der Waals surface area (Å²) >= 11 is 0. The van der Waals surface area contributed by atoms with Crippen LogP contribution in [-0.2, 0) is 12.0 Å². The molecule has 7 nitrogen and oxygen atoms in total. The summed E-state index contributed by atoms with van der Waals surface area (Å²) in [7, 11) is 0. The number of aliphatic hydroxyl groups is 1. The summed E-state index contributed by atoms with van der Waals surface area (Å²) in [6.07, 6.45) is 2.13. The normalized spacial score (nSPS) is 15.8. The highest BCUT2D eigenvalue weighted by molar-refractivity contribution is 5.49. The van der Waals surface area contributed by atoms with Crippen molar-refractivity contribution in [2.24, 2.45) is 5.92 Å². The van der Waals surface area contributed by atoms with Crippen LogP contribution in [0.3, 0.4) is 0 Å². The van der Waals surface area contributed by atoms with Crippen LogP contribution < -0.4 is 10.2 Å². The van der Waals surface area contributed by atoms with Crippen molar-refractivity contribution in [2.45, 2.75) is 45.6 Å². The van der Waals surface area contributed by atoms with Crippen LogP contribution in [0.2, 0.25) is 0 Å². The molecule has 4 rings (SSSR count). The van der Waals surface area contributed by atoms with Gasteiger partial charge in [-0.25, -0.2) is 0 Å². The monoisotopic (exact) mass is 394 g/mol. The molecular formula is C22H30N6O. The standard InChI is InChI=1S/C22H30N6O/c1-22(2,3)21-25-24-20-9-8-19(26-28(20)21)23-14-16-4-6-18(7-5-16)27-12-10-17(15-29)11-13-27/h4-9,17,29H,10-15H2,1-3H3,(H,23,26). The van der Waals surface area contributed by atoms with Gasteiger partial charge in [0.25, 0.3) is 0 Å². The van der Waals surface area contributed by atoms with Crippen LogP contribution in [0.25, 0.3) is 5.65 Å². The fourth-order valence-corrected chi connectivity index (χ4v) is 3.74. The Labute approximate surface area is 171 Å². The van der Waals surface area contributed by atoms with Crippen LogP contribution in [0, 0.1) is 5.92 Å². The SMILES string of the molecule is CC(C)(C)c1nnc2ccc(NCc3ccc(N4CCC(CO)CC4)cc3)nn12. The molecule has 2 N–H and O–H groups in total. The van der Waals surface area contributed by atoms with Crippen LogP contribution in [0.1, 0.15) is 45.0 Å². The van der Waals surface area contributed by atoms with E-state index in [0.29, 0.717) is 19.1 Å². The molecular weight excluding hydrogens is 364 g/mol. The summed E-state index contributed by atoms with van der Waals surface area (Å²) in [6.45, 7) is 9.38. The van der Waals surface area contributed by atoms with Crippen LogP contribution in [0.4, 0.5) is 11.5 Å². The number of nitrogens with zero attached hydrogens (tertiary/aromatic N) is 5. The van der Waals surface area contributed by atoms with Gasteiger partial charge >= 0.3 is 0 Å². The zero-order valence-corrected chi connectivity index (χ0v) is 17.5. The summed E-state index contributed by atoms with van der Waals surface area (Å²) in [5.41, 5.74) is 3.10. The number of hydrogen-bond acceptors (Lipinski definition) is 6. The first-order valence-electron chi connectivity index (χ1n) is 10.4. The van der Waals surface area contributed by atoms with Crippen LogP contribution in [0.5, 0.6) is 0 Å². The third-order valence-corrected chi connectivity index (χ3v) is 5.58. The van der Waals surface area contributed by atoms with Gasteiger partial charge in [-0.3, -0.25) is 0 Å². The summed E-state index contributed by atoms with van der Waals surface area (Å²) in [5, 5.41) is 25.9. The van der Waals surface area contributed by atoms with Crippen molar-refractivity contribution in [3.8, 4) is 0 Å². The van der Waals surface area contributed by atoms with E-state index in [-0.39, 0.29) is 5.41 Å². The third kappa shape index (κ3) is 4.34. The molecule has 1 aliphatic rings. The topological polar surface area (TPSA) is 78.6 Å². The molecule has 3 heterocycles. The average Bonchev–Trinajstić information content (AvgIpc) is 3.16. The molecule has 0 amide bonds. The maximum absolute atomic E-state index is 9.30. The second-order valence-corrected chi connectivity index (χ2v) is 8.90. The Morgan fingerprint density at radius 2 is 1.76 bits per heavy atom. The lowest BCUT2D eigenvalue weighted by molar-refractivity contribution is 0.203. The smallest absolute Gasteiger partial charge is 0.178 e. The van der Waals surface area contributed by atoms with Gasteiger partial charge in [-0.15, -0.1) is 15.3 Å². The molecule has 1 aromatic carbocycles. The van der Waals surface area contributed by atoms with Gasteiger partial charge in [-0.2, -0.15) is 4.52 Å². The van der Waals surface area contributed by atoms with E-state index in [4.69, 9.17) is 0 Å². The fourth-order valence-electron chi connectivity index (χ4n) is 3.74. The number of benzene rings is 1. The van der Waals surface area contributed by atoms with E-state index in [9.17, 15) is 5.11 Å². The number of fused-ring (bicyclic) bond motifs is 1. The van der Waals surface area contributed by atoms with E-state index in [0.717, 1.165) is 43.2 Å². The first-order chi connectivity index (χ1) is 13.9. The molecule has 0 bridgehead atoms. The summed E-state index contributed by atoms with van der Waals surface area (Å²) in [4.78, 5) is 2.40. The molecule has 1 saturated heterocycles. The first-order valence-corrected chi connectivity index (χ1v) is 10.4.